The van der Waals surface area contributed by atoms with Crippen molar-refractivity contribution in [2.45, 2.75) is 19.9 Å². The molecule has 30 heavy (non-hydrogen) atoms. The summed E-state index contributed by atoms with van der Waals surface area (Å²) in [5.74, 6) is 0.00734. The van der Waals surface area contributed by atoms with Crippen molar-refractivity contribution in [1.82, 2.24) is 10.7 Å². The van der Waals surface area contributed by atoms with Crippen molar-refractivity contribution in [3.63, 3.8) is 0 Å². The number of hydrogen-bond acceptors (Lipinski definition) is 5. The molecule has 0 heterocycles. The first kappa shape index (κ1) is 23.5. The monoisotopic (exact) mass is 451 g/mol. The molecule has 0 aliphatic rings. The van der Waals surface area contributed by atoms with Gasteiger partial charge in [-0.1, -0.05) is 37.0 Å². The molecule has 9 heteroatoms. The molecule has 0 saturated heterocycles. The number of carbonyl (C=O) groups is 2. The number of rotatable bonds is 8. The number of nitrogens with one attached hydrogen (secondary N) is 2. The molecule has 1 atom stereocenters. The van der Waals surface area contributed by atoms with Gasteiger partial charge in [-0.15, -0.1) is 0 Å². The summed E-state index contributed by atoms with van der Waals surface area (Å²) in [6.45, 7) is 3.62. The average Bonchev–Trinajstić information content (AvgIpc) is 2.71. The number of benzene rings is 2. The zero-order valence-electron chi connectivity index (χ0n) is 17.0. The Morgan fingerprint density at radius 3 is 2.33 bits per heavy atom. The summed E-state index contributed by atoms with van der Waals surface area (Å²) in [4.78, 5) is 25.1. The van der Waals surface area contributed by atoms with E-state index in [1.54, 1.807) is 31.4 Å². The molecule has 2 N–H and O–H groups in total. The Bertz CT molecular complexity index is 948. The van der Waals surface area contributed by atoms with Crippen molar-refractivity contribution in [2.24, 2.45) is 11.0 Å². The van der Waals surface area contributed by atoms with Gasteiger partial charge in [0, 0.05) is 5.02 Å². The second-order valence-corrected chi connectivity index (χ2v) is 7.51. The third-order valence-electron chi connectivity index (χ3n) is 4.21. The van der Waals surface area contributed by atoms with Crippen molar-refractivity contribution < 1.29 is 19.1 Å². The second-order valence-electron chi connectivity index (χ2n) is 6.67. The molecule has 1 unspecified atom stereocenters. The first-order valence-corrected chi connectivity index (χ1v) is 9.83. The van der Waals surface area contributed by atoms with Crippen LogP contribution in [0.4, 0.5) is 0 Å². The van der Waals surface area contributed by atoms with Gasteiger partial charge in [0.1, 0.15) is 6.04 Å². The molecule has 2 aromatic carbocycles. The maximum Gasteiger partial charge on any atom is 0.262 e. The fraction of sp³-hybridized carbons (Fsp3) is 0.286. The predicted molar refractivity (Wildman–Crippen MR) is 118 cm³/mol. The maximum atomic E-state index is 12.6. The Balaban J connectivity index is 2.07. The van der Waals surface area contributed by atoms with E-state index in [0.717, 1.165) is 0 Å². The number of nitrogens with zero attached hydrogens (tertiary/aromatic N) is 1. The standard InChI is InChI=1S/C21H23Cl2N3O4/c1-12(2)19(25-20(27)15-7-6-14(22)10-16(15)23)21(28)26-24-11-13-5-8-17(29-3)18(9-13)30-4/h5-12,19H,1-4H3,(H,25,27)(H,26,28)/b24-11+. The van der Waals surface area contributed by atoms with Gasteiger partial charge in [0.25, 0.3) is 11.8 Å². The fourth-order valence-corrected chi connectivity index (χ4v) is 3.09. The van der Waals surface area contributed by atoms with Crippen LogP contribution < -0.4 is 20.2 Å². The van der Waals surface area contributed by atoms with E-state index >= 15 is 0 Å². The number of halogens is 2. The summed E-state index contributed by atoms with van der Waals surface area (Å²) in [5, 5.41) is 7.27. The predicted octanol–water partition coefficient (Wildman–Crippen LogP) is 3.92. The minimum atomic E-state index is -0.813. The SMILES string of the molecule is COc1ccc(/C=N/NC(=O)C(NC(=O)c2ccc(Cl)cc2Cl)C(C)C)cc1OC. The summed E-state index contributed by atoms with van der Waals surface area (Å²) in [6, 6.07) is 8.93. The van der Waals surface area contributed by atoms with Crippen LogP contribution in [0.5, 0.6) is 11.5 Å². The van der Waals surface area contributed by atoms with Gasteiger partial charge in [-0.05, 0) is 47.9 Å². The minimum absolute atomic E-state index is 0.184. The summed E-state index contributed by atoms with van der Waals surface area (Å²) in [7, 11) is 3.08. The van der Waals surface area contributed by atoms with Crippen molar-refractivity contribution >= 4 is 41.2 Å². The largest absolute Gasteiger partial charge is 0.493 e. The molecule has 0 bridgehead atoms. The minimum Gasteiger partial charge on any atom is -0.493 e. The third-order valence-corrected chi connectivity index (χ3v) is 4.76. The van der Waals surface area contributed by atoms with Crippen LogP contribution in [0.3, 0.4) is 0 Å². The third kappa shape index (κ3) is 6.11. The van der Waals surface area contributed by atoms with Crippen molar-refractivity contribution in [2.75, 3.05) is 14.2 Å². The van der Waals surface area contributed by atoms with E-state index < -0.39 is 17.9 Å². The molecule has 0 fully saturated rings. The van der Waals surface area contributed by atoms with Gasteiger partial charge in [0.2, 0.25) is 0 Å². The molecule has 7 nitrogen and oxygen atoms in total. The molecule has 0 spiro atoms. The van der Waals surface area contributed by atoms with E-state index in [4.69, 9.17) is 32.7 Å². The molecule has 2 rings (SSSR count). The lowest BCUT2D eigenvalue weighted by molar-refractivity contribution is -0.123. The maximum absolute atomic E-state index is 12.6. The van der Waals surface area contributed by atoms with E-state index in [1.807, 2.05) is 13.8 Å². The van der Waals surface area contributed by atoms with Crippen molar-refractivity contribution in [3.8, 4) is 11.5 Å². The van der Waals surface area contributed by atoms with Gasteiger partial charge >= 0.3 is 0 Å². The van der Waals surface area contributed by atoms with Gasteiger partial charge < -0.3 is 14.8 Å². The highest BCUT2D eigenvalue weighted by molar-refractivity contribution is 6.36. The Morgan fingerprint density at radius 2 is 1.73 bits per heavy atom. The van der Waals surface area contributed by atoms with E-state index in [2.05, 4.69) is 15.8 Å². The number of hydrazone groups is 1. The molecule has 0 aliphatic carbocycles. The van der Waals surface area contributed by atoms with E-state index in [9.17, 15) is 9.59 Å². The molecule has 160 valence electrons. The van der Waals surface area contributed by atoms with Crippen molar-refractivity contribution in [3.05, 3.63) is 57.6 Å². The van der Waals surface area contributed by atoms with Gasteiger partial charge in [0.05, 0.1) is 31.0 Å². The van der Waals surface area contributed by atoms with Gasteiger partial charge in [0.15, 0.2) is 11.5 Å². The summed E-state index contributed by atoms with van der Waals surface area (Å²) < 4.78 is 10.4. The molecule has 2 aromatic rings. The Kier molecular flexibility index (Phi) is 8.50. The van der Waals surface area contributed by atoms with Crippen LogP contribution >= 0.6 is 23.2 Å². The van der Waals surface area contributed by atoms with E-state index in [-0.39, 0.29) is 16.5 Å². The molecule has 2 amide bonds. The second kappa shape index (κ2) is 10.8. The number of amides is 2. The number of carbonyl (C=O) groups excluding carboxylic acids is 2. The first-order chi connectivity index (χ1) is 14.3. The zero-order valence-corrected chi connectivity index (χ0v) is 18.5. The van der Waals surface area contributed by atoms with Gasteiger partial charge in [-0.2, -0.15) is 5.10 Å². The average molecular weight is 452 g/mol. The highest BCUT2D eigenvalue weighted by Gasteiger charge is 2.25. The highest BCUT2D eigenvalue weighted by Crippen LogP contribution is 2.26. The fourth-order valence-electron chi connectivity index (χ4n) is 2.60. The topological polar surface area (TPSA) is 89.0 Å². The van der Waals surface area contributed by atoms with Crippen LogP contribution in [0.2, 0.25) is 10.0 Å². The lowest BCUT2D eigenvalue weighted by Crippen LogP contribution is -2.48. The van der Waals surface area contributed by atoms with E-state index in [0.29, 0.717) is 22.1 Å². The normalized spacial score (nSPS) is 12.0. The molecule has 0 aliphatic heterocycles. The summed E-state index contributed by atoms with van der Waals surface area (Å²) in [5.41, 5.74) is 3.38. The Morgan fingerprint density at radius 1 is 1.03 bits per heavy atom. The summed E-state index contributed by atoms with van der Waals surface area (Å²) >= 11 is 11.9. The number of methoxy groups -OCH3 is 2. The smallest absolute Gasteiger partial charge is 0.262 e. The van der Waals surface area contributed by atoms with Crippen LogP contribution in [-0.4, -0.2) is 38.3 Å². The van der Waals surface area contributed by atoms with E-state index in [1.165, 1.54) is 25.5 Å². The van der Waals surface area contributed by atoms with Gasteiger partial charge in [-0.3, -0.25) is 9.59 Å². The molecule has 0 radical (unpaired) electrons. The molecular weight excluding hydrogens is 429 g/mol. The van der Waals surface area contributed by atoms with Crippen LogP contribution in [0.15, 0.2) is 41.5 Å². The Hall–Kier alpha value is -2.77. The van der Waals surface area contributed by atoms with Crippen LogP contribution in [0.25, 0.3) is 0 Å². The molecule has 0 aromatic heterocycles. The summed E-state index contributed by atoms with van der Waals surface area (Å²) in [6.07, 6.45) is 1.47. The van der Waals surface area contributed by atoms with Gasteiger partial charge in [-0.25, -0.2) is 5.43 Å². The van der Waals surface area contributed by atoms with Crippen molar-refractivity contribution in [1.29, 1.82) is 0 Å². The lowest BCUT2D eigenvalue weighted by atomic mass is 10.0. The lowest BCUT2D eigenvalue weighted by Gasteiger charge is -2.20. The van der Waals surface area contributed by atoms with Crippen LogP contribution in [0, 0.1) is 5.92 Å². The molecule has 0 saturated carbocycles. The number of hydrogen-bond donors (Lipinski definition) is 2. The Labute approximate surface area is 185 Å². The quantitative estimate of drug-likeness (QED) is 0.470. The highest BCUT2D eigenvalue weighted by atomic mass is 35.5. The van der Waals surface area contributed by atoms with Crippen LogP contribution in [-0.2, 0) is 4.79 Å². The first-order valence-electron chi connectivity index (χ1n) is 9.07. The zero-order chi connectivity index (χ0) is 22.3. The molecular formula is C21H23Cl2N3O4. The van der Waals surface area contributed by atoms with Crippen LogP contribution in [0.1, 0.15) is 29.8 Å². The number of ether oxygens (including phenoxy) is 2.